The molecule has 0 aliphatic carbocycles. The lowest BCUT2D eigenvalue weighted by Gasteiger charge is -1.86. The van der Waals surface area contributed by atoms with Crippen molar-refractivity contribution in [3.8, 4) is 0 Å². The second-order valence-electron chi connectivity index (χ2n) is 1.74. The van der Waals surface area contributed by atoms with Gasteiger partial charge in [0.2, 0.25) is 0 Å². The van der Waals surface area contributed by atoms with Crippen molar-refractivity contribution in [1.82, 2.24) is 0 Å². The van der Waals surface area contributed by atoms with Crippen LogP contribution < -0.4 is 5.73 Å². The monoisotopic (exact) mass is 157 g/mol. The van der Waals surface area contributed by atoms with E-state index in [1.807, 2.05) is 0 Å². The molecular formula is C6H14F3N. The Hall–Kier alpha value is -0.250. The molecule has 0 saturated heterocycles. The fourth-order valence-electron chi connectivity index (χ4n) is 0.394. The van der Waals surface area contributed by atoms with Crippen LogP contribution in [0.15, 0.2) is 0 Å². The van der Waals surface area contributed by atoms with E-state index in [9.17, 15) is 13.2 Å². The molecule has 0 aliphatic heterocycles. The van der Waals surface area contributed by atoms with Crippen molar-refractivity contribution in [3.05, 3.63) is 0 Å². The Morgan fingerprint density at radius 1 is 1.20 bits per heavy atom. The van der Waals surface area contributed by atoms with Gasteiger partial charge in [-0.1, -0.05) is 19.8 Å². The first-order chi connectivity index (χ1) is 4.65. The number of hydrogen-bond donors (Lipinski definition) is 1. The van der Waals surface area contributed by atoms with Crippen LogP contribution in [-0.2, 0) is 0 Å². The summed E-state index contributed by atoms with van der Waals surface area (Å²) in [6.45, 7) is -0.635. The minimum absolute atomic E-state index is 0.855. The van der Waals surface area contributed by atoms with Gasteiger partial charge in [0.15, 0.2) is 0 Å². The molecule has 0 atom stereocenters. The van der Waals surface area contributed by atoms with E-state index in [1.54, 1.807) is 0 Å². The number of rotatable bonds is 3. The minimum atomic E-state index is -3.67. The van der Waals surface area contributed by atoms with E-state index in [1.165, 1.54) is 19.3 Å². The molecule has 0 saturated carbocycles. The second-order valence-corrected chi connectivity index (χ2v) is 1.74. The van der Waals surface area contributed by atoms with Gasteiger partial charge in [0, 0.05) is 0 Å². The van der Waals surface area contributed by atoms with Gasteiger partial charge in [0.1, 0.15) is 0 Å². The van der Waals surface area contributed by atoms with Gasteiger partial charge < -0.3 is 5.73 Å². The minimum Gasteiger partial charge on any atom is -0.330 e. The molecule has 0 unspecified atom stereocenters. The van der Waals surface area contributed by atoms with Crippen LogP contribution in [0.4, 0.5) is 13.2 Å². The highest BCUT2D eigenvalue weighted by atomic mass is 19.4. The van der Waals surface area contributed by atoms with Gasteiger partial charge >= 0.3 is 6.68 Å². The van der Waals surface area contributed by atoms with Gasteiger partial charge in [-0.05, 0) is 13.0 Å². The zero-order valence-corrected chi connectivity index (χ0v) is 6.12. The lowest BCUT2D eigenvalue weighted by Crippen LogP contribution is -1.96. The first kappa shape index (κ1) is 12.4. The standard InChI is InChI=1S/C5H13N.CHF3/c1-2-3-4-5-6;2-1(3)4/h2-6H2,1H3;1H. The van der Waals surface area contributed by atoms with E-state index in [0.717, 1.165) is 6.54 Å². The van der Waals surface area contributed by atoms with Crippen LogP contribution in [0.5, 0.6) is 0 Å². The molecule has 0 radical (unpaired) electrons. The third kappa shape index (κ3) is 46.7. The maximum Gasteiger partial charge on any atom is 0.379 e. The number of alkyl halides is 3. The van der Waals surface area contributed by atoms with Crippen molar-refractivity contribution in [2.45, 2.75) is 32.9 Å². The first-order valence-corrected chi connectivity index (χ1v) is 3.27. The molecule has 4 heteroatoms. The summed E-state index contributed by atoms with van der Waals surface area (Å²) < 4.78 is 29.0. The molecule has 0 heterocycles. The number of nitrogens with two attached hydrogens (primary N) is 1. The Morgan fingerprint density at radius 3 is 1.70 bits per heavy atom. The molecule has 0 aliphatic rings. The largest absolute Gasteiger partial charge is 0.379 e. The van der Waals surface area contributed by atoms with Crippen molar-refractivity contribution < 1.29 is 13.2 Å². The summed E-state index contributed by atoms with van der Waals surface area (Å²) in [5.74, 6) is 0. The lowest BCUT2D eigenvalue weighted by atomic mass is 10.3. The smallest absolute Gasteiger partial charge is 0.330 e. The van der Waals surface area contributed by atoms with Gasteiger partial charge in [-0.25, -0.2) is 0 Å². The Bertz CT molecular complexity index is 43.5. The second kappa shape index (κ2) is 11.5. The summed E-state index contributed by atoms with van der Waals surface area (Å²) in [7, 11) is 0. The SMILES string of the molecule is CCCCCN.FC(F)F. The van der Waals surface area contributed by atoms with Crippen molar-refractivity contribution in [2.24, 2.45) is 5.73 Å². The summed E-state index contributed by atoms with van der Waals surface area (Å²) in [4.78, 5) is 0. The van der Waals surface area contributed by atoms with Gasteiger partial charge in [-0.15, -0.1) is 0 Å². The summed E-state index contributed by atoms with van der Waals surface area (Å²) >= 11 is 0. The van der Waals surface area contributed by atoms with Crippen LogP contribution in [-0.4, -0.2) is 13.2 Å². The van der Waals surface area contributed by atoms with Crippen molar-refractivity contribution >= 4 is 0 Å². The highest BCUT2D eigenvalue weighted by molar-refractivity contribution is 4.34. The molecule has 0 aromatic heterocycles. The molecule has 10 heavy (non-hydrogen) atoms. The maximum atomic E-state index is 9.67. The molecule has 0 fully saturated rings. The number of halogens is 3. The summed E-state index contributed by atoms with van der Waals surface area (Å²) in [6.07, 6.45) is 3.75. The molecule has 2 N–H and O–H groups in total. The maximum absolute atomic E-state index is 9.67. The Balaban J connectivity index is 0. The Morgan fingerprint density at radius 2 is 1.60 bits per heavy atom. The van der Waals surface area contributed by atoms with Crippen molar-refractivity contribution in [1.29, 1.82) is 0 Å². The zero-order valence-electron chi connectivity index (χ0n) is 6.12. The average Bonchev–Trinajstić information content (AvgIpc) is 1.82. The zero-order chi connectivity index (χ0) is 8.41. The van der Waals surface area contributed by atoms with Crippen molar-refractivity contribution in [2.75, 3.05) is 6.54 Å². The molecule has 0 amide bonds. The van der Waals surface area contributed by atoms with E-state index in [4.69, 9.17) is 5.73 Å². The van der Waals surface area contributed by atoms with Gasteiger partial charge in [-0.2, -0.15) is 13.2 Å². The van der Waals surface area contributed by atoms with E-state index in [-0.39, 0.29) is 0 Å². The van der Waals surface area contributed by atoms with E-state index in [2.05, 4.69) is 6.92 Å². The van der Waals surface area contributed by atoms with Crippen LogP contribution >= 0.6 is 0 Å². The summed E-state index contributed by atoms with van der Waals surface area (Å²) in [5.41, 5.74) is 5.21. The van der Waals surface area contributed by atoms with Crippen LogP contribution in [0, 0.1) is 0 Å². The van der Waals surface area contributed by atoms with E-state index >= 15 is 0 Å². The topological polar surface area (TPSA) is 26.0 Å². The molecule has 0 spiro atoms. The molecule has 0 bridgehead atoms. The van der Waals surface area contributed by atoms with E-state index in [0.29, 0.717) is 0 Å². The summed E-state index contributed by atoms with van der Waals surface area (Å²) in [6, 6.07) is 0. The fraction of sp³-hybridized carbons (Fsp3) is 1.00. The highest BCUT2D eigenvalue weighted by Gasteiger charge is 1.86. The molecule has 64 valence electrons. The van der Waals surface area contributed by atoms with Gasteiger partial charge in [-0.3, -0.25) is 0 Å². The molecule has 0 rings (SSSR count). The third-order valence-corrected chi connectivity index (χ3v) is 0.808. The normalized spacial score (nSPS) is 9.00. The predicted octanol–water partition coefficient (Wildman–Crippen LogP) is 2.31. The Labute approximate surface area is 59.4 Å². The van der Waals surface area contributed by atoms with Crippen LogP contribution in [0.1, 0.15) is 26.2 Å². The van der Waals surface area contributed by atoms with E-state index < -0.39 is 6.68 Å². The van der Waals surface area contributed by atoms with Gasteiger partial charge in [0.25, 0.3) is 0 Å². The quantitative estimate of drug-likeness (QED) is 0.625. The predicted molar refractivity (Wildman–Crippen MR) is 35.7 cm³/mol. The van der Waals surface area contributed by atoms with Gasteiger partial charge in [0.05, 0.1) is 0 Å². The molecule has 1 nitrogen and oxygen atoms in total. The highest BCUT2D eigenvalue weighted by Crippen LogP contribution is 1.88. The van der Waals surface area contributed by atoms with Crippen LogP contribution in [0.2, 0.25) is 0 Å². The lowest BCUT2D eigenvalue weighted by molar-refractivity contribution is 0.00819. The average molecular weight is 157 g/mol. The van der Waals surface area contributed by atoms with Crippen LogP contribution in [0.3, 0.4) is 0 Å². The number of hydrogen-bond acceptors (Lipinski definition) is 1. The molecular weight excluding hydrogens is 143 g/mol. The first-order valence-electron chi connectivity index (χ1n) is 3.27. The van der Waals surface area contributed by atoms with Crippen LogP contribution in [0.25, 0.3) is 0 Å². The fourth-order valence-corrected chi connectivity index (χ4v) is 0.394. The number of unbranched alkanes of at least 4 members (excludes halogenated alkanes) is 2. The molecule has 0 aromatic rings. The van der Waals surface area contributed by atoms with Crippen molar-refractivity contribution in [3.63, 3.8) is 0 Å². The Kier molecular flexibility index (Phi) is 14.3. The third-order valence-electron chi connectivity index (χ3n) is 0.808. The summed E-state index contributed by atoms with van der Waals surface area (Å²) in [5, 5.41) is 0. The molecule has 0 aromatic carbocycles.